The molecule has 0 atom stereocenters. The van der Waals surface area contributed by atoms with Gasteiger partial charge in [0.2, 0.25) is 5.91 Å². The molecule has 0 unspecified atom stereocenters. The minimum atomic E-state index is -0.697. The molecule has 18 heavy (non-hydrogen) atoms. The lowest BCUT2D eigenvalue weighted by molar-refractivity contribution is -0.132. The van der Waals surface area contributed by atoms with Crippen LogP contribution in [0.1, 0.15) is 18.4 Å². The third kappa shape index (κ3) is 3.22. The first kappa shape index (κ1) is 15.4. The molecule has 1 saturated carbocycles. The van der Waals surface area contributed by atoms with Gasteiger partial charge in [-0.05, 0) is 31.0 Å². The van der Waals surface area contributed by atoms with Gasteiger partial charge in [0.15, 0.2) is 0 Å². The molecule has 0 heterocycles. The van der Waals surface area contributed by atoms with Gasteiger partial charge in [-0.1, -0.05) is 15.9 Å². The summed E-state index contributed by atoms with van der Waals surface area (Å²) in [5.74, 6) is -0.424. The summed E-state index contributed by atoms with van der Waals surface area (Å²) in [6.45, 7) is 0.239. The maximum absolute atomic E-state index is 13.5. The summed E-state index contributed by atoms with van der Waals surface area (Å²) in [7, 11) is 1.65. The molecule has 1 aromatic carbocycles. The standard InChI is InChI=1S/C12H14BrFN2O.ClH/c1-16(11(17)12(15)4-5-12)7-8-6-9(13)2-3-10(8)14;/h2-3,6H,4-5,7,15H2,1H3;1H. The van der Waals surface area contributed by atoms with Gasteiger partial charge >= 0.3 is 0 Å². The lowest BCUT2D eigenvalue weighted by atomic mass is 10.2. The molecule has 1 fully saturated rings. The van der Waals surface area contributed by atoms with Gasteiger partial charge in [0, 0.05) is 23.6 Å². The fraction of sp³-hybridized carbons (Fsp3) is 0.417. The van der Waals surface area contributed by atoms with Crippen LogP contribution in [0.5, 0.6) is 0 Å². The second kappa shape index (κ2) is 5.55. The van der Waals surface area contributed by atoms with E-state index in [9.17, 15) is 9.18 Å². The fourth-order valence-corrected chi connectivity index (χ4v) is 2.13. The van der Waals surface area contributed by atoms with Crippen molar-refractivity contribution in [2.24, 2.45) is 5.73 Å². The zero-order valence-corrected chi connectivity index (χ0v) is 12.4. The van der Waals surface area contributed by atoms with Crippen molar-refractivity contribution in [3.63, 3.8) is 0 Å². The smallest absolute Gasteiger partial charge is 0.242 e. The van der Waals surface area contributed by atoms with Crippen LogP contribution in [-0.2, 0) is 11.3 Å². The first-order valence-corrected chi connectivity index (χ1v) is 6.20. The van der Waals surface area contributed by atoms with Gasteiger partial charge in [0.25, 0.3) is 0 Å². The minimum absolute atomic E-state index is 0. The van der Waals surface area contributed by atoms with E-state index in [-0.39, 0.29) is 30.7 Å². The van der Waals surface area contributed by atoms with E-state index in [0.717, 1.165) is 17.3 Å². The molecule has 1 aromatic rings. The van der Waals surface area contributed by atoms with E-state index < -0.39 is 5.54 Å². The van der Waals surface area contributed by atoms with Crippen molar-refractivity contribution in [1.29, 1.82) is 0 Å². The van der Waals surface area contributed by atoms with Crippen LogP contribution in [0, 0.1) is 5.82 Å². The molecule has 0 aromatic heterocycles. The van der Waals surface area contributed by atoms with Crippen molar-refractivity contribution in [1.82, 2.24) is 4.90 Å². The second-order valence-corrected chi connectivity index (χ2v) is 5.47. The Labute approximate surface area is 120 Å². The molecule has 3 nitrogen and oxygen atoms in total. The van der Waals surface area contributed by atoms with Crippen molar-refractivity contribution < 1.29 is 9.18 Å². The third-order valence-corrected chi connectivity index (χ3v) is 3.47. The van der Waals surface area contributed by atoms with E-state index >= 15 is 0 Å². The summed E-state index contributed by atoms with van der Waals surface area (Å²) in [4.78, 5) is 13.4. The van der Waals surface area contributed by atoms with E-state index in [0.29, 0.717) is 5.56 Å². The van der Waals surface area contributed by atoms with Crippen LogP contribution in [0.25, 0.3) is 0 Å². The highest BCUT2D eigenvalue weighted by molar-refractivity contribution is 9.10. The molecule has 0 saturated heterocycles. The lowest BCUT2D eigenvalue weighted by Gasteiger charge is -2.21. The molecule has 0 aliphatic heterocycles. The Morgan fingerprint density at radius 2 is 2.17 bits per heavy atom. The molecular formula is C12H15BrClFN2O. The number of nitrogens with zero attached hydrogens (tertiary/aromatic N) is 1. The zero-order chi connectivity index (χ0) is 12.6. The van der Waals surface area contributed by atoms with E-state index in [2.05, 4.69) is 15.9 Å². The Hall–Kier alpha value is -0.650. The molecule has 0 spiro atoms. The van der Waals surface area contributed by atoms with Crippen molar-refractivity contribution in [2.75, 3.05) is 7.05 Å². The van der Waals surface area contributed by atoms with Gasteiger partial charge in [0.05, 0.1) is 5.54 Å². The van der Waals surface area contributed by atoms with Crippen LogP contribution >= 0.6 is 28.3 Å². The predicted molar refractivity (Wildman–Crippen MR) is 74.0 cm³/mol. The Balaban J connectivity index is 0.00000162. The Morgan fingerprint density at radius 3 is 2.72 bits per heavy atom. The van der Waals surface area contributed by atoms with Crippen molar-refractivity contribution in [3.05, 3.63) is 34.1 Å². The number of carbonyl (C=O) groups is 1. The van der Waals surface area contributed by atoms with Gasteiger partial charge in [-0.15, -0.1) is 12.4 Å². The number of nitrogens with two attached hydrogens (primary N) is 1. The Kier molecular flexibility index (Phi) is 4.75. The van der Waals surface area contributed by atoms with Crippen LogP contribution in [0.2, 0.25) is 0 Å². The van der Waals surface area contributed by atoms with Crippen LogP contribution in [0.3, 0.4) is 0 Å². The van der Waals surface area contributed by atoms with Gasteiger partial charge in [0.1, 0.15) is 5.82 Å². The first-order valence-electron chi connectivity index (χ1n) is 5.41. The van der Waals surface area contributed by atoms with Gasteiger partial charge in [-0.2, -0.15) is 0 Å². The normalized spacial score (nSPS) is 15.8. The average molecular weight is 338 g/mol. The second-order valence-electron chi connectivity index (χ2n) is 4.55. The Bertz CT molecular complexity index is 465. The summed E-state index contributed by atoms with van der Waals surface area (Å²) in [5.41, 5.74) is 5.61. The minimum Gasteiger partial charge on any atom is -0.340 e. The van der Waals surface area contributed by atoms with E-state index in [1.54, 1.807) is 19.2 Å². The number of benzene rings is 1. The third-order valence-electron chi connectivity index (χ3n) is 2.98. The molecule has 2 N–H and O–H groups in total. The zero-order valence-electron chi connectivity index (χ0n) is 9.95. The summed E-state index contributed by atoms with van der Waals surface area (Å²) < 4.78 is 14.3. The summed E-state index contributed by atoms with van der Waals surface area (Å²) in [5, 5.41) is 0. The molecular weight excluding hydrogens is 322 g/mol. The quantitative estimate of drug-likeness (QED) is 0.921. The maximum Gasteiger partial charge on any atom is 0.242 e. The summed E-state index contributed by atoms with van der Waals surface area (Å²) in [6.07, 6.45) is 1.44. The van der Waals surface area contributed by atoms with Gasteiger partial charge in [-0.25, -0.2) is 4.39 Å². The van der Waals surface area contributed by atoms with E-state index in [1.165, 1.54) is 11.0 Å². The van der Waals surface area contributed by atoms with Crippen LogP contribution in [0.15, 0.2) is 22.7 Å². The number of carbonyl (C=O) groups excluding carboxylic acids is 1. The summed E-state index contributed by atoms with van der Waals surface area (Å²) in [6, 6.07) is 4.69. The van der Waals surface area contributed by atoms with Crippen LogP contribution < -0.4 is 5.73 Å². The van der Waals surface area contributed by atoms with E-state index in [4.69, 9.17) is 5.73 Å². The molecule has 2 rings (SSSR count). The average Bonchev–Trinajstić information content (AvgIpc) is 3.02. The molecule has 0 radical (unpaired) electrons. The largest absolute Gasteiger partial charge is 0.340 e. The Morgan fingerprint density at radius 1 is 1.56 bits per heavy atom. The molecule has 6 heteroatoms. The van der Waals surface area contributed by atoms with Crippen molar-refractivity contribution >= 4 is 34.2 Å². The molecule has 1 aliphatic rings. The van der Waals surface area contributed by atoms with Gasteiger partial charge in [-0.3, -0.25) is 4.79 Å². The number of hydrogen-bond donors (Lipinski definition) is 1. The molecule has 100 valence electrons. The summed E-state index contributed by atoms with van der Waals surface area (Å²) >= 11 is 3.28. The molecule has 1 aliphatic carbocycles. The highest BCUT2D eigenvalue weighted by atomic mass is 79.9. The van der Waals surface area contributed by atoms with Crippen molar-refractivity contribution in [3.8, 4) is 0 Å². The molecule has 1 amide bonds. The number of halogens is 3. The fourth-order valence-electron chi connectivity index (χ4n) is 1.72. The van der Waals surface area contributed by atoms with Crippen molar-refractivity contribution in [2.45, 2.75) is 24.9 Å². The lowest BCUT2D eigenvalue weighted by Crippen LogP contribution is -2.43. The number of likely N-dealkylation sites (N-methyl/N-ethyl adjacent to an activating group) is 1. The maximum atomic E-state index is 13.5. The van der Waals surface area contributed by atoms with Crippen LogP contribution in [-0.4, -0.2) is 23.4 Å². The number of amides is 1. The SMILES string of the molecule is CN(Cc1cc(Br)ccc1F)C(=O)C1(N)CC1.Cl. The monoisotopic (exact) mass is 336 g/mol. The molecule has 0 bridgehead atoms. The number of rotatable bonds is 3. The van der Waals surface area contributed by atoms with E-state index in [1.807, 2.05) is 0 Å². The first-order chi connectivity index (χ1) is 7.92. The van der Waals surface area contributed by atoms with Gasteiger partial charge < -0.3 is 10.6 Å². The topological polar surface area (TPSA) is 46.3 Å². The highest BCUT2D eigenvalue weighted by Gasteiger charge is 2.47. The predicted octanol–water partition coefficient (Wildman–Crippen LogP) is 2.46. The van der Waals surface area contributed by atoms with Crippen LogP contribution in [0.4, 0.5) is 4.39 Å². The number of hydrogen-bond acceptors (Lipinski definition) is 2. The highest BCUT2D eigenvalue weighted by Crippen LogP contribution is 2.34.